The van der Waals surface area contributed by atoms with Gasteiger partial charge in [-0.2, -0.15) is 0 Å². The van der Waals surface area contributed by atoms with E-state index < -0.39 is 0 Å². The fourth-order valence-electron chi connectivity index (χ4n) is 10.4. The Hall–Kier alpha value is -8.98. The highest BCUT2D eigenvalue weighted by Crippen LogP contribution is 2.46. The van der Waals surface area contributed by atoms with Crippen LogP contribution in [0, 0.1) is 0 Å². The predicted octanol–water partition coefficient (Wildman–Crippen LogP) is 18.5. The van der Waals surface area contributed by atoms with Crippen molar-refractivity contribution in [2.75, 3.05) is 9.80 Å². The first-order chi connectivity index (χ1) is 34.7. The van der Waals surface area contributed by atoms with Crippen LogP contribution in [0.1, 0.15) is 11.1 Å². The first-order valence-electron chi connectivity index (χ1n) is 24.2. The summed E-state index contributed by atoms with van der Waals surface area (Å²) in [7, 11) is 0. The van der Waals surface area contributed by atoms with Gasteiger partial charge >= 0.3 is 0 Å². The number of fused-ring (bicyclic) bond motifs is 3. The van der Waals surface area contributed by atoms with Gasteiger partial charge in [-0.25, -0.2) is 0 Å². The van der Waals surface area contributed by atoms with Crippen LogP contribution >= 0.6 is 0 Å². The highest BCUT2D eigenvalue weighted by atomic mass is 15.1. The standard InChI is InChI=1S/C68H50N2/c1-5-23-49(24-6-1)56-43-57-45-64(54-29-11-4-12-30-54)68(70(47-55-35-21-33-50-31-13-15-36-59(50)55)66-41-20-18-39-61(66)52-27-9-3-10-28-52)46-63(57)58(44-56)48-69(67-42-22-34-53-32-14-16-37-62(53)67)65-40-19-17-38-60(65)51-25-7-2-8-26-51/h1-46H,47-48H2. The van der Waals surface area contributed by atoms with Crippen LogP contribution in [0.15, 0.2) is 279 Å². The molecule has 0 amide bonds. The van der Waals surface area contributed by atoms with Crippen molar-refractivity contribution >= 4 is 55.1 Å². The highest BCUT2D eigenvalue weighted by Gasteiger charge is 2.24. The molecule has 70 heavy (non-hydrogen) atoms. The maximum Gasteiger partial charge on any atom is 0.0500 e. The number of hydrogen-bond donors (Lipinski definition) is 0. The van der Waals surface area contributed by atoms with Crippen LogP contribution in [-0.4, -0.2) is 0 Å². The van der Waals surface area contributed by atoms with Crippen molar-refractivity contribution in [1.82, 2.24) is 0 Å². The molecule has 0 atom stereocenters. The highest BCUT2D eigenvalue weighted by molar-refractivity contribution is 6.02. The van der Waals surface area contributed by atoms with Crippen molar-refractivity contribution in [2.24, 2.45) is 0 Å². The van der Waals surface area contributed by atoms with Gasteiger partial charge in [0, 0.05) is 57.9 Å². The van der Waals surface area contributed by atoms with E-state index in [1.54, 1.807) is 0 Å². The topological polar surface area (TPSA) is 6.48 Å². The average molecular weight is 895 g/mol. The molecular formula is C68H50N2. The smallest absolute Gasteiger partial charge is 0.0500 e. The van der Waals surface area contributed by atoms with E-state index >= 15 is 0 Å². The summed E-state index contributed by atoms with van der Waals surface area (Å²) in [6.07, 6.45) is 0. The molecule has 0 saturated heterocycles. The van der Waals surface area contributed by atoms with Gasteiger partial charge in [0.25, 0.3) is 0 Å². The Morgan fingerprint density at radius 1 is 0.214 bits per heavy atom. The lowest BCUT2D eigenvalue weighted by Crippen LogP contribution is -2.20. The summed E-state index contributed by atoms with van der Waals surface area (Å²) in [5.74, 6) is 0. The van der Waals surface area contributed by atoms with E-state index in [-0.39, 0.29) is 0 Å². The Labute approximate surface area is 410 Å². The van der Waals surface area contributed by atoms with Crippen LogP contribution in [0.5, 0.6) is 0 Å². The van der Waals surface area contributed by atoms with Gasteiger partial charge in [-0.3, -0.25) is 0 Å². The Balaban J connectivity index is 1.15. The summed E-state index contributed by atoms with van der Waals surface area (Å²) in [6, 6.07) is 102. The molecule has 0 bridgehead atoms. The van der Waals surface area contributed by atoms with Gasteiger partial charge in [0.1, 0.15) is 0 Å². The quantitative estimate of drug-likeness (QED) is 0.121. The van der Waals surface area contributed by atoms with Crippen LogP contribution in [-0.2, 0) is 13.1 Å². The molecule has 0 heterocycles. The van der Waals surface area contributed by atoms with Crippen LogP contribution in [0.4, 0.5) is 22.7 Å². The van der Waals surface area contributed by atoms with Gasteiger partial charge in [-0.15, -0.1) is 0 Å². The molecule has 0 aromatic heterocycles. The van der Waals surface area contributed by atoms with E-state index in [1.807, 2.05) is 0 Å². The Bertz CT molecular complexity index is 3760. The molecule has 12 aromatic carbocycles. The van der Waals surface area contributed by atoms with Crippen molar-refractivity contribution in [2.45, 2.75) is 13.1 Å². The van der Waals surface area contributed by atoms with E-state index in [0.717, 1.165) is 22.7 Å². The molecule has 0 aliphatic heterocycles. The zero-order chi connectivity index (χ0) is 46.6. The third-order valence-electron chi connectivity index (χ3n) is 13.8. The second-order valence-electron chi connectivity index (χ2n) is 18.0. The lowest BCUT2D eigenvalue weighted by atomic mass is 9.91. The van der Waals surface area contributed by atoms with Gasteiger partial charge in [0.15, 0.2) is 0 Å². The summed E-state index contributed by atoms with van der Waals surface area (Å²) in [4.78, 5) is 5.13. The zero-order valence-electron chi connectivity index (χ0n) is 38.9. The molecule has 0 radical (unpaired) electrons. The Morgan fingerprint density at radius 2 is 0.643 bits per heavy atom. The van der Waals surface area contributed by atoms with Gasteiger partial charge < -0.3 is 9.80 Å². The number of anilines is 4. The van der Waals surface area contributed by atoms with E-state index in [4.69, 9.17) is 0 Å². The lowest BCUT2D eigenvalue weighted by molar-refractivity contribution is 0.982. The largest absolute Gasteiger partial charge is 0.336 e. The maximum atomic E-state index is 2.58. The number of para-hydroxylation sites is 2. The molecule has 2 heteroatoms. The number of benzene rings is 12. The maximum absolute atomic E-state index is 2.58. The second kappa shape index (κ2) is 19.0. The van der Waals surface area contributed by atoms with Crippen LogP contribution < -0.4 is 9.80 Å². The Morgan fingerprint density at radius 3 is 1.26 bits per heavy atom. The molecule has 12 rings (SSSR count). The van der Waals surface area contributed by atoms with Crippen molar-refractivity contribution in [1.29, 1.82) is 0 Å². The van der Waals surface area contributed by atoms with Gasteiger partial charge in [0.05, 0.1) is 0 Å². The molecule has 0 spiro atoms. The van der Waals surface area contributed by atoms with E-state index in [9.17, 15) is 0 Å². The average Bonchev–Trinajstić information content (AvgIpc) is 3.44. The number of rotatable bonds is 12. The first kappa shape index (κ1) is 42.4. The lowest BCUT2D eigenvalue weighted by Gasteiger charge is -2.32. The summed E-state index contributed by atoms with van der Waals surface area (Å²) < 4.78 is 0. The molecule has 0 unspecified atom stereocenters. The Kier molecular flexibility index (Phi) is 11.5. The molecule has 0 aliphatic rings. The zero-order valence-corrected chi connectivity index (χ0v) is 38.9. The minimum absolute atomic E-state index is 0.614. The molecular weight excluding hydrogens is 845 g/mol. The molecule has 0 saturated carbocycles. The molecule has 0 N–H and O–H groups in total. The molecule has 2 nitrogen and oxygen atoms in total. The van der Waals surface area contributed by atoms with Crippen molar-refractivity contribution in [3.63, 3.8) is 0 Å². The fourth-order valence-corrected chi connectivity index (χ4v) is 10.4. The van der Waals surface area contributed by atoms with Crippen molar-refractivity contribution in [3.8, 4) is 44.5 Å². The normalized spacial score (nSPS) is 11.3. The van der Waals surface area contributed by atoms with Crippen LogP contribution in [0.2, 0.25) is 0 Å². The van der Waals surface area contributed by atoms with Gasteiger partial charge in [-0.1, -0.05) is 237 Å². The second-order valence-corrected chi connectivity index (χ2v) is 18.0. The third kappa shape index (κ3) is 8.27. The van der Waals surface area contributed by atoms with Gasteiger partial charge in [-0.05, 0) is 108 Å². The SMILES string of the molecule is c1ccc(-c2cc(CN(c3ccccc3-c3ccccc3)c3cccc4ccccc34)c3cc(N(Cc4cccc5ccccc45)c4ccccc4-c4ccccc4)c(-c4ccccc4)cc3c2)cc1. The fraction of sp³-hybridized carbons (Fsp3) is 0.0294. The molecule has 332 valence electrons. The van der Waals surface area contributed by atoms with E-state index in [1.165, 1.54) is 88.0 Å². The summed E-state index contributed by atoms with van der Waals surface area (Å²) >= 11 is 0. The monoisotopic (exact) mass is 894 g/mol. The van der Waals surface area contributed by atoms with Crippen LogP contribution in [0.25, 0.3) is 76.8 Å². The molecule has 0 aliphatic carbocycles. The van der Waals surface area contributed by atoms with E-state index in [0.29, 0.717) is 13.1 Å². The minimum Gasteiger partial charge on any atom is -0.336 e. The van der Waals surface area contributed by atoms with Crippen molar-refractivity contribution in [3.05, 3.63) is 290 Å². The number of hydrogen-bond acceptors (Lipinski definition) is 2. The minimum atomic E-state index is 0.614. The van der Waals surface area contributed by atoms with Crippen molar-refractivity contribution < 1.29 is 0 Å². The molecule has 0 fully saturated rings. The molecule has 12 aromatic rings. The summed E-state index contributed by atoms with van der Waals surface area (Å²) in [6.45, 7) is 1.27. The van der Waals surface area contributed by atoms with Gasteiger partial charge in [0.2, 0.25) is 0 Å². The summed E-state index contributed by atoms with van der Waals surface area (Å²) in [5.41, 5.74) is 16.5. The van der Waals surface area contributed by atoms with E-state index in [2.05, 4.69) is 289 Å². The summed E-state index contributed by atoms with van der Waals surface area (Å²) in [5, 5.41) is 7.30. The number of nitrogens with zero attached hydrogens (tertiary/aromatic N) is 2. The van der Waals surface area contributed by atoms with Crippen LogP contribution in [0.3, 0.4) is 0 Å². The first-order valence-corrected chi connectivity index (χ1v) is 24.2. The predicted molar refractivity (Wildman–Crippen MR) is 298 cm³/mol. The third-order valence-corrected chi connectivity index (χ3v) is 13.8.